The first-order chi connectivity index (χ1) is 13.4. The van der Waals surface area contributed by atoms with Gasteiger partial charge in [0.15, 0.2) is 11.1 Å². The average molecular weight is 404 g/mol. The lowest BCUT2D eigenvalue weighted by Crippen LogP contribution is -2.32. The van der Waals surface area contributed by atoms with Crippen molar-refractivity contribution in [2.45, 2.75) is 31.8 Å². The summed E-state index contributed by atoms with van der Waals surface area (Å²) in [5.74, 6) is 0.613. The van der Waals surface area contributed by atoms with Crippen molar-refractivity contribution < 1.29 is 23.0 Å². The summed E-state index contributed by atoms with van der Waals surface area (Å²) in [6.07, 6.45) is -0.557. The molecule has 1 N–H and O–H groups in total. The summed E-state index contributed by atoms with van der Waals surface area (Å²) >= 11 is -1.91. The van der Waals surface area contributed by atoms with Crippen LogP contribution in [0.3, 0.4) is 0 Å². The Bertz CT molecular complexity index is 885. The van der Waals surface area contributed by atoms with E-state index < -0.39 is 11.1 Å². The summed E-state index contributed by atoms with van der Waals surface area (Å²) in [6.45, 7) is 4.77. The third kappa shape index (κ3) is 4.79. The molecule has 0 bridgehead atoms. The van der Waals surface area contributed by atoms with E-state index in [4.69, 9.17) is 14.0 Å². The van der Waals surface area contributed by atoms with Gasteiger partial charge in [-0.25, -0.2) is 4.21 Å². The number of nitrogens with zero attached hydrogens (tertiary/aromatic N) is 1. The number of likely N-dealkylation sites (tertiary alicyclic amines) is 1. The van der Waals surface area contributed by atoms with E-state index >= 15 is 0 Å². The number of carbonyl (C=O) groups is 1. The third-order valence-corrected chi connectivity index (χ3v) is 5.49. The Morgan fingerprint density at radius 3 is 2.64 bits per heavy atom. The van der Waals surface area contributed by atoms with E-state index in [2.05, 4.69) is 0 Å². The maximum absolute atomic E-state index is 13.0. The van der Waals surface area contributed by atoms with Crippen molar-refractivity contribution in [2.24, 2.45) is 0 Å². The van der Waals surface area contributed by atoms with E-state index in [9.17, 15) is 9.00 Å². The van der Waals surface area contributed by atoms with Gasteiger partial charge in [-0.15, -0.1) is 0 Å². The Kier molecular flexibility index (Phi) is 6.49. The third-order valence-electron chi connectivity index (χ3n) is 4.90. The number of aryl methyl sites for hydroxylation is 2. The summed E-state index contributed by atoms with van der Waals surface area (Å²) in [6, 6.07) is 13.0. The van der Waals surface area contributed by atoms with Gasteiger partial charge < -0.3 is 18.9 Å². The smallest absolute Gasteiger partial charge is 0.254 e. The molecule has 3 atom stereocenters. The number of ether oxygens (including phenoxy) is 2. The number of hydrogen-bond acceptors (Lipinski definition) is 4. The molecule has 1 aliphatic rings. The second-order valence-electron chi connectivity index (χ2n) is 7.07. The van der Waals surface area contributed by atoms with Gasteiger partial charge in [-0.3, -0.25) is 4.79 Å². The lowest BCUT2D eigenvalue weighted by Gasteiger charge is -2.19. The fourth-order valence-electron chi connectivity index (χ4n) is 3.41. The van der Waals surface area contributed by atoms with Gasteiger partial charge in [0.1, 0.15) is 18.0 Å². The molecule has 0 radical (unpaired) electrons. The van der Waals surface area contributed by atoms with Crippen LogP contribution in [0.25, 0.3) is 0 Å². The average Bonchev–Trinajstić information content (AvgIpc) is 3.05. The highest BCUT2D eigenvalue weighted by Gasteiger charge is 2.37. The molecule has 1 saturated heterocycles. The molecular weight excluding hydrogens is 378 g/mol. The predicted molar refractivity (Wildman–Crippen MR) is 108 cm³/mol. The van der Waals surface area contributed by atoms with Crippen LogP contribution in [-0.4, -0.2) is 52.0 Å². The largest absolute Gasteiger partial charge is 0.486 e. The van der Waals surface area contributed by atoms with Crippen LogP contribution in [0.5, 0.6) is 5.75 Å². The number of benzene rings is 2. The molecule has 150 valence electrons. The van der Waals surface area contributed by atoms with Crippen molar-refractivity contribution in [1.82, 2.24) is 4.90 Å². The van der Waals surface area contributed by atoms with Gasteiger partial charge in [0.25, 0.3) is 5.91 Å². The van der Waals surface area contributed by atoms with E-state index in [0.29, 0.717) is 30.0 Å². The maximum atomic E-state index is 13.0. The maximum Gasteiger partial charge on any atom is 0.254 e. The summed E-state index contributed by atoms with van der Waals surface area (Å²) < 4.78 is 31.7. The van der Waals surface area contributed by atoms with Crippen LogP contribution in [0.15, 0.2) is 42.5 Å². The molecule has 1 amide bonds. The highest BCUT2D eigenvalue weighted by atomic mass is 32.2. The minimum absolute atomic E-state index is 0.0289. The molecule has 0 aromatic heterocycles. The molecule has 3 rings (SSSR count). The zero-order chi connectivity index (χ0) is 20.3. The van der Waals surface area contributed by atoms with Crippen LogP contribution in [0.2, 0.25) is 0 Å². The van der Waals surface area contributed by atoms with E-state index in [1.165, 1.54) is 0 Å². The topological polar surface area (TPSA) is 76.1 Å². The Morgan fingerprint density at radius 1 is 1.18 bits per heavy atom. The molecule has 0 aliphatic carbocycles. The van der Waals surface area contributed by atoms with Gasteiger partial charge in [0.2, 0.25) is 0 Å². The van der Waals surface area contributed by atoms with Crippen LogP contribution in [0.1, 0.15) is 27.0 Å². The van der Waals surface area contributed by atoms with Gasteiger partial charge in [0, 0.05) is 12.7 Å². The normalized spacial score (nSPS) is 20.2. The first kappa shape index (κ1) is 20.5. The molecule has 3 unspecified atom stereocenters. The number of carbonyl (C=O) groups excluding carboxylic acids is 1. The predicted octanol–water partition coefficient (Wildman–Crippen LogP) is 2.94. The summed E-state index contributed by atoms with van der Waals surface area (Å²) in [4.78, 5) is 14.8. The molecule has 2 aromatic rings. The molecule has 1 heterocycles. The zero-order valence-electron chi connectivity index (χ0n) is 16.3. The van der Waals surface area contributed by atoms with Crippen LogP contribution < -0.4 is 4.74 Å². The number of amides is 1. The Labute approximate surface area is 167 Å². The van der Waals surface area contributed by atoms with E-state index in [1.54, 1.807) is 36.3 Å². The van der Waals surface area contributed by atoms with Crippen LogP contribution in [-0.2, 0) is 21.6 Å². The first-order valence-corrected chi connectivity index (χ1v) is 10.4. The molecule has 7 heteroatoms. The van der Waals surface area contributed by atoms with Gasteiger partial charge in [-0.05, 0) is 43.2 Å². The van der Waals surface area contributed by atoms with Crippen molar-refractivity contribution in [1.29, 1.82) is 0 Å². The Morgan fingerprint density at radius 2 is 1.93 bits per heavy atom. The lowest BCUT2D eigenvalue weighted by atomic mass is 10.0. The highest BCUT2D eigenvalue weighted by Crippen LogP contribution is 2.24. The Hall–Kier alpha value is -2.22. The summed E-state index contributed by atoms with van der Waals surface area (Å²) in [5, 5.41) is 0. The van der Waals surface area contributed by atoms with Gasteiger partial charge >= 0.3 is 0 Å². The van der Waals surface area contributed by atoms with Crippen LogP contribution >= 0.6 is 0 Å². The van der Waals surface area contributed by atoms with Crippen molar-refractivity contribution in [2.75, 3.05) is 20.2 Å². The van der Waals surface area contributed by atoms with Crippen molar-refractivity contribution in [3.8, 4) is 5.75 Å². The number of rotatable bonds is 6. The fraction of sp³-hybridized carbons (Fsp3) is 0.381. The van der Waals surface area contributed by atoms with Crippen LogP contribution in [0.4, 0.5) is 0 Å². The monoisotopic (exact) mass is 403 g/mol. The number of methoxy groups -OCH3 is 1. The van der Waals surface area contributed by atoms with Crippen LogP contribution in [0, 0.1) is 13.8 Å². The van der Waals surface area contributed by atoms with E-state index in [0.717, 1.165) is 11.1 Å². The quantitative estimate of drug-likeness (QED) is 0.751. The zero-order valence-corrected chi connectivity index (χ0v) is 17.1. The van der Waals surface area contributed by atoms with E-state index in [-0.39, 0.29) is 23.9 Å². The Balaban J connectivity index is 1.74. The molecule has 0 spiro atoms. The minimum Gasteiger partial charge on any atom is -0.486 e. The molecule has 2 aromatic carbocycles. The molecule has 1 fully saturated rings. The SMILES string of the molecule is COC1CN(C(=O)c2cc(C)ccc2C)CC1Oc1cccc(CS(=O)O)c1. The van der Waals surface area contributed by atoms with Gasteiger partial charge in [-0.1, -0.05) is 29.8 Å². The van der Waals surface area contributed by atoms with Crippen molar-refractivity contribution >= 4 is 17.0 Å². The van der Waals surface area contributed by atoms with Gasteiger partial charge in [0.05, 0.1) is 18.8 Å². The fourth-order valence-corrected chi connectivity index (χ4v) is 3.88. The molecular formula is C21H25NO5S. The summed E-state index contributed by atoms with van der Waals surface area (Å²) in [7, 11) is 1.61. The standard InChI is InChI=1S/C21H25NO5S/c1-14-7-8-15(2)18(9-14)21(23)22-11-19(26-3)20(12-22)27-17-6-4-5-16(10-17)13-28(24)25/h4-10,19-20H,11-13H2,1-3H3,(H,24,25). The highest BCUT2D eigenvalue weighted by molar-refractivity contribution is 7.78. The van der Waals surface area contributed by atoms with Crippen molar-refractivity contribution in [3.63, 3.8) is 0 Å². The van der Waals surface area contributed by atoms with Crippen molar-refractivity contribution in [3.05, 3.63) is 64.7 Å². The molecule has 6 nitrogen and oxygen atoms in total. The second-order valence-corrected chi connectivity index (χ2v) is 8.00. The molecule has 28 heavy (non-hydrogen) atoms. The number of hydrogen-bond donors (Lipinski definition) is 1. The van der Waals surface area contributed by atoms with Gasteiger partial charge in [-0.2, -0.15) is 0 Å². The minimum atomic E-state index is -1.91. The molecule has 1 aliphatic heterocycles. The van der Waals surface area contributed by atoms with E-state index in [1.807, 2.05) is 32.0 Å². The first-order valence-electron chi connectivity index (χ1n) is 9.09. The summed E-state index contributed by atoms with van der Waals surface area (Å²) in [5.41, 5.74) is 3.40. The second kappa shape index (κ2) is 8.86. The lowest BCUT2D eigenvalue weighted by molar-refractivity contribution is 0.0339. The molecule has 0 saturated carbocycles.